The van der Waals surface area contributed by atoms with Crippen molar-refractivity contribution in [1.29, 1.82) is 0 Å². The average molecular weight is 1630 g/mol. The Morgan fingerprint density at radius 2 is 0.524 bits per heavy atom. The van der Waals surface area contributed by atoms with Crippen molar-refractivity contribution < 1.29 is 0 Å². The maximum Gasteiger partial charge on any atom is 0.234 e. The first-order chi connectivity index (χ1) is 62.5. The minimum absolute atomic E-state index is 0.643. The van der Waals surface area contributed by atoms with Crippen molar-refractivity contribution in [3.8, 4) is 101 Å². The van der Waals surface area contributed by atoms with E-state index in [-0.39, 0.29) is 0 Å². The Balaban J connectivity index is 0.000000107. The van der Waals surface area contributed by atoms with Gasteiger partial charge in [0.05, 0.1) is 49.7 Å². The maximum atomic E-state index is 4.99. The molecule has 9 aromatic heterocycles. The van der Waals surface area contributed by atoms with Gasteiger partial charge < -0.3 is 9.55 Å². The van der Waals surface area contributed by atoms with E-state index in [4.69, 9.17) is 29.9 Å². The third-order valence-electron chi connectivity index (χ3n) is 24.7. The highest BCUT2D eigenvalue weighted by molar-refractivity contribution is 7.26. The number of thiophene rings is 1. The van der Waals surface area contributed by atoms with Crippen LogP contribution < -0.4 is 0 Å². The van der Waals surface area contributed by atoms with Crippen molar-refractivity contribution in [2.45, 2.75) is 0 Å². The van der Waals surface area contributed by atoms with E-state index in [1.54, 1.807) is 0 Å². The van der Waals surface area contributed by atoms with Gasteiger partial charge in [0.15, 0.2) is 0 Å². The molecule has 0 aliphatic heterocycles. The number of rotatable bonds is 11. The van der Waals surface area contributed by atoms with Gasteiger partial charge in [-0.3, -0.25) is 13.7 Å². The number of hydrogen-bond donors (Lipinski definition) is 1. The zero-order valence-electron chi connectivity index (χ0n) is 67.9. The fourth-order valence-corrected chi connectivity index (χ4v) is 19.9. The van der Waals surface area contributed by atoms with Crippen LogP contribution in [0.5, 0.6) is 0 Å². The summed E-state index contributed by atoms with van der Waals surface area (Å²) < 4.78 is 11.6. The third kappa shape index (κ3) is 12.6. The second-order valence-corrected chi connectivity index (χ2v) is 32.9. The molecule has 0 aliphatic rings. The van der Waals surface area contributed by atoms with Crippen LogP contribution >= 0.6 is 11.3 Å². The number of fused-ring (bicyclic) bond motifs is 21. The minimum atomic E-state index is 0.643. The van der Waals surface area contributed by atoms with Crippen LogP contribution in [-0.4, -0.2) is 53.2 Å². The van der Waals surface area contributed by atoms with Crippen molar-refractivity contribution in [2.75, 3.05) is 0 Å². The molecular formula is C114H73N11S. The molecule has 0 aliphatic carbocycles. The van der Waals surface area contributed by atoms with Gasteiger partial charge in [-0.05, 0) is 128 Å². The van der Waals surface area contributed by atoms with E-state index in [0.717, 1.165) is 94.2 Å². The Bertz CT molecular complexity index is 8310. The summed E-state index contributed by atoms with van der Waals surface area (Å²) in [6, 6.07) is 141. The lowest BCUT2D eigenvalue weighted by atomic mass is 10.0. The summed E-state index contributed by atoms with van der Waals surface area (Å²) in [4.78, 5) is 33.0. The monoisotopic (exact) mass is 1630 g/mol. The van der Waals surface area contributed by atoms with Crippen LogP contribution in [0.4, 0.5) is 0 Å². The molecule has 590 valence electrons. The molecule has 11 nitrogen and oxygen atoms in total. The Morgan fingerprint density at radius 3 is 1.02 bits per heavy atom. The molecule has 0 fully saturated rings. The minimum Gasteiger partial charge on any atom is -0.354 e. The number of hydrogen-bond acceptors (Lipinski definition) is 7. The van der Waals surface area contributed by atoms with Gasteiger partial charge >= 0.3 is 0 Å². The molecule has 0 spiro atoms. The van der Waals surface area contributed by atoms with E-state index in [1.807, 2.05) is 78.8 Å². The number of H-pyrrole nitrogens is 1. The number of para-hydroxylation sites is 4. The molecular weight excluding hydrogens is 1560 g/mol. The highest BCUT2D eigenvalue weighted by Gasteiger charge is 2.25. The molecule has 17 aromatic carbocycles. The summed E-state index contributed by atoms with van der Waals surface area (Å²) in [5.41, 5.74) is 28.1. The number of nitrogens with one attached hydrogen (secondary N) is 1. The topological polar surface area (TPSA) is 113 Å². The van der Waals surface area contributed by atoms with Gasteiger partial charge in [0.1, 0.15) is 0 Å². The number of nitrogens with zero attached hydrogens (tertiary/aromatic N) is 10. The molecule has 26 aromatic rings. The van der Waals surface area contributed by atoms with Crippen LogP contribution in [0.25, 0.3) is 231 Å². The predicted octanol–water partition coefficient (Wildman–Crippen LogP) is 29.5. The number of benzene rings is 17. The summed E-state index contributed by atoms with van der Waals surface area (Å²) in [5.74, 6) is 1.99. The normalized spacial score (nSPS) is 11.7. The molecule has 126 heavy (non-hydrogen) atoms. The molecule has 0 bridgehead atoms. The number of aromatic amines is 1. The van der Waals surface area contributed by atoms with E-state index >= 15 is 0 Å². The van der Waals surface area contributed by atoms with Crippen LogP contribution in [0.2, 0.25) is 0 Å². The first-order valence-corrected chi connectivity index (χ1v) is 43.2. The molecule has 1 N–H and O–H groups in total. The fourth-order valence-electron chi connectivity index (χ4n) is 18.7. The van der Waals surface area contributed by atoms with Gasteiger partial charge in [-0.1, -0.05) is 334 Å². The standard InChI is InChI=1S/C46H30N4.C34H22N4.C34H21N3S/c1-4-12-31(13-5-1)34-20-23-37(24-21-34)49-41-19-11-10-18-38(41)39-26-27-42-44(45(39)49)40-25-22-35(32-14-6-2-7-15-32)28-43(40)50(42)46-47-29-36(30-48-46)33-16-8-3-9-17-33;1-2-8-22(9-3-1)23-14-16-24(17-15-23)25-20-35-34(36-21-25)38-30-13-7-5-11-28(30)32-31(38)19-18-27-26-10-4-6-12-29(26)37-33(27)32;1-2-8-22(9-3-1)23-14-16-24(17-15-23)25-20-35-34(36-21-25)37-29-12-6-4-11-28(29)32-30(37)19-18-27-26-10-5-7-13-31(26)38-33(27)32/h1-30H;1-21,37H;1-21H. The lowest BCUT2D eigenvalue weighted by Gasteiger charge is -2.11. The highest BCUT2D eigenvalue weighted by Crippen LogP contribution is 2.47. The summed E-state index contributed by atoms with van der Waals surface area (Å²) in [5, 5.41) is 14.7. The molecule has 26 rings (SSSR count). The van der Waals surface area contributed by atoms with Crippen LogP contribution in [0, 0.1) is 0 Å². The number of aromatic nitrogens is 11. The van der Waals surface area contributed by atoms with E-state index < -0.39 is 0 Å². The maximum absolute atomic E-state index is 4.99. The largest absolute Gasteiger partial charge is 0.354 e. The summed E-state index contributed by atoms with van der Waals surface area (Å²) in [7, 11) is 0. The SMILES string of the molecule is c1ccc(-c2ccc(-c3cnc(-n4c5ccccc5c5c6[nH]c7ccccc7c6ccc54)nc3)cc2)cc1.c1ccc(-c2ccc(-c3cnc(-n4c5ccccc5c5c6sc7ccccc7c6ccc54)nc3)cc2)cc1.c1ccc(-c2ccc(-n3c4ccccc4c4ccc5c(c6ccc(-c7ccccc7)cc6n5-c5ncc(-c6ccccc6)cn5)c43)cc2)cc1. The van der Waals surface area contributed by atoms with E-state index in [2.05, 4.69) is 393 Å². The first-order valence-electron chi connectivity index (χ1n) is 42.3. The van der Waals surface area contributed by atoms with Crippen LogP contribution in [0.1, 0.15) is 0 Å². The van der Waals surface area contributed by atoms with Crippen molar-refractivity contribution in [3.05, 3.63) is 438 Å². The Kier molecular flexibility index (Phi) is 17.8. The quantitative estimate of drug-likeness (QED) is 0.138. The molecule has 0 amide bonds. The third-order valence-corrected chi connectivity index (χ3v) is 25.9. The van der Waals surface area contributed by atoms with Crippen molar-refractivity contribution in [2.24, 2.45) is 0 Å². The molecule has 0 unspecified atom stereocenters. The fraction of sp³-hybridized carbons (Fsp3) is 0. The van der Waals surface area contributed by atoms with Crippen LogP contribution in [-0.2, 0) is 0 Å². The van der Waals surface area contributed by atoms with Gasteiger partial charge in [-0.15, -0.1) is 11.3 Å². The van der Waals surface area contributed by atoms with E-state index in [1.165, 1.54) is 119 Å². The van der Waals surface area contributed by atoms with Crippen molar-refractivity contribution in [1.82, 2.24) is 53.2 Å². The smallest absolute Gasteiger partial charge is 0.234 e. The predicted molar refractivity (Wildman–Crippen MR) is 524 cm³/mol. The van der Waals surface area contributed by atoms with Crippen LogP contribution in [0.3, 0.4) is 0 Å². The molecule has 0 radical (unpaired) electrons. The lowest BCUT2D eigenvalue weighted by molar-refractivity contribution is 0.990. The molecule has 9 heterocycles. The Morgan fingerprint density at radius 1 is 0.198 bits per heavy atom. The summed E-state index contributed by atoms with van der Waals surface area (Å²) >= 11 is 1.86. The summed E-state index contributed by atoms with van der Waals surface area (Å²) in [6.45, 7) is 0. The summed E-state index contributed by atoms with van der Waals surface area (Å²) in [6.07, 6.45) is 11.6. The van der Waals surface area contributed by atoms with E-state index in [9.17, 15) is 0 Å². The van der Waals surface area contributed by atoms with Gasteiger partial charge in [-0.25, -0.2) is 29.9 Å². The zero-order chi connectivity index (χ0) is 83.1. The first kappa shape index (κ1) is 73.1. The Labute approximate surface area is 727 Å². The van der Waals surface area contributed by atoms with Crippen molar-refractivity contribution >= 4 is 141 Å². The molecule has 0 saturated heterocycles. The molecule has 0 saturated carbocycles. The van der Waals surface area contributed by atoms with Gasteiger partial charge in [-0.2, -0.15) is 0 Å². The lowest BCUT2D eigenvalue weighted by Crippen LogP contribution is -2.01. The second-order valence-electron chi connectivity index (χ2n) is 31.8. The van der Waals surface area contributed by atoms with Gasteiger partial charge in [0.25, 0.3) is 0 Å². The highest BCUT2D eigenvalue weighted by atomic mass is 32.1. The second kappa shape index (κ2) is 30.7. The molecule has 0 atom stereocenters. The Hall–Kier alpha value is -16.8. The van der Waals surface area contributed by atoms with Crippen molar-refractivity contribution in [3.63, 3.8) is 0 Å². The van der Waals surface area contributed by atoms with Crippen LogP contribution in [0.15, 0.2) is 438 Å². The average Bonchev–Trinajstić information content (AvgIpc) is 1.31. The van der Waals surface area contributed by atoms with E-state index in [0.29, 0.717) is 17.8 Å². The molecule has 12 heteroatoms. The van der Waals surface area contributed by atoms with Gasteiger partial charge in [0.2, 0.25) is 17.8 Å². The van der Waals surface area contributed by atoms with Gasteiger partial charge in [0, 0.05) is 139 Å². The zero-order valence-corrected chi connectivity index (χ0v) is 68.8.